The van der Waals surface area contributed by atoms with Gasteiger partial charge in [-0.1, -0.05) is 19.8 Å². The second-order valence-corrected chi connectivity index (χ2v) is 6.45. The van der Waals surface area contributed by atoms with Crippen LogP contribution >= 0.6 is 0 Å². The maximum atomic E-state index is 6.15. The van der Waals surface area contributed by atoms with Gasteiger partial charge in [-0.05, 0) is 40.0 Å². The molecule has 0 atom stereocenters. The standard InChI is InChI=1S/C15H31NO2/c1-5-10-17-11-12-18-15(8-6-7-9-15)13-16-14(2,3)4/h16H,5-13H2,1-4H3. The maximum absolute atomic E-state index is 6.15. The number of nitrogens with one attached hydrogen (secondary N) is 1. The van der Waals surface area contributed by atoms with Crippen LogP contribution in [0.25, 0.3) is 0 Å². The minimum atomic E-state index is 0.0584. The molecule has 0 aliphatic heterocycles. The fraction of sp³-hybridized carbons (Fsp3) is 1.00. The Bertz CT molecular complexity index is 217. The SMILES string of the molecule is CCCOCCOC1(CNC(C)(C)C)CCCC1. The molecule has 0 saturated heterocycles. The third-order valence-corrected chi connectivity index (χ3v) is 3.44. The van der Waals surface area contributed by atoms with Gasteiger partial charge in [0.15, 0.2) is 0 Å². The van der Waals surface area contributed by atoms with E-state index in [4.69, 9.17) is 9.47 Å². The molecule has 0 amide bonds. The van der Waals surface area contributed by atoms with Gasteiger partial charge >= 0.3 is 0 Å². The highest BCUT2D eigenvalue weighted by atomic mass is 16.5. The summed E-state index contributed by atoms with van der Waals surface area (Å²) in [5.74, 6) is 0. The van der Waals surface area contributed by atoms with Crippen molar-refractivity contribution in [3.63, 3.8) is 0 Å². The smallest absolute Gasteiger partial charge is 0.0807 e. The molecule has 3 nitrogen and oxygen atoms in total. The molecule has 1 aliphatic rings. The van der Waals surface area contributed by atoms with Gasteiger partial charge in [0.05, 0.1) is 18.8 Å². The molecule has 108 valence electrons. The van der Waals surface area contributed by atoms with Crippen LogP contribution in [-0.4, -0.2) is 37.5 Å². The molecule has 1 N–H and O–H groups in total. The van der Waals surface area contributed by atoms with Crippen LogP contribution in [0, 0.1) is 0 Å². The first-order valence-electron chi connectivity index (χ1n) is 7.44. The topological polar surface area (TPSA) is 30.5 Å². The van der Waals surface area contributed by atoms with Crippen molar-refractivity contribution in [2.45, 2.75) is 70.9 Å². The van der Waals surface area contributed by atoms with E-state index >= 15 is 0 Å². The Morgan fingerprint density at radius 1 is 1.06 bits per heavy atom. The van der Waals surface area contributed by atoms with Crippen molar-refractivity contribution >= 4 is 0 Å². The molecule has 0 heterocycles. The largest absolute Gasteiger partial charge is 0.379 e. The fourth-order valence-corrected chi connectivity index (χ4v) is 2.38. The minimum Gasteiger partial charge on any atom is -0.379 e. The van der Waals surface area contributed by atoms with Crippen LogP contribution in [0.15, 0.2) is 0 Å². The summed E-state index contributed by atoms with van der Waals surface area (Å²) < 4.78 is 11.6. The van der Waals surface area contributed by atoms with E-state index < -0.39 is 0 Å². The second-order valence-electron chi connectivity index (χ2n) is 6.45. The lowest BCUT2D eigenvalue weighted by Crippen LogP contribution is -2.48. The summed E-state index contributed by atoms with van der Waals surface area (Å²) >= 11 is 0. The highest BCUT2D eigenvalue weighted by Gasteiger charge is 2.35. The van der Waals surface area contributed by atoms with E-state index in [2.05, 4.69) is 33.0 Å². The van der Waals surface area contributed by atoms with Crippen LogP contribution in [0.5, 0.6) is 0 Å². The normalized spacial score (nSPS) is 19.3. The second kappa shape index (κ2) is 7.46. The third-order valence-electron chi connectivity index (χ3n) is 3.44. The number of ether oxygens (including phenoxy) is 2. The van der Waals surface area contributed by atoms with Gasteiger partial charge in [-0.15, -0.1) is 0 Å². The Hall–Kier alpha value is -0.120. The van der Waals surface area contributed by atoms with Crippen molar-refractivity contribution in [3.8, 4) is 0 Å². The Labute approximate surface area is 113 Å². The first-order valence-corrected chi connectivity index (χ1v) is 7.44. The van der Waals surface area contributed by atoms with Crippen molar-refractivity contribution in [2.75, 3.05) is 26.4 Å². The van der Waals surface area contributed by atoms with Crippen LogP contribution < -0.4 is 5.32 Å². The summed E-state index contributed by atoms with van der Waals surface area (Å²) in [6.07, 6.45) is 6.04. The van der Waals surface area contributed by atoms with Crippen molar-refractivity contribution < 1.29 is 9.47 Å². The Kier molecular flexibility index (Phi) is 6.61. The van der Waals surface area contributed by atoms with Crippen LogP contribution in [0.1, 0.15) is 59.8 Å². The van der Waals surface area contributed by atoms with Crippen molar-refractivity contribution in [1.82, 2.24) is 5.32 Å². The molecule has 1 aliphatic carbocycles. The molecule has 0 radical (unpaired) electrons. The van der Waals surface area contributed by atoms with E-state index in [1.807, 2.05) is 0 Å². The Morgan fingerprint density at radius 3 is 2.28 bits per heavy atom. The quantitative estimate of drug-likeness (QED) is 0.678. The Balaban J connectivity index is 2.29. The molecule has 0 aromatic heterocycles. The molecule has 0 unspecified atom stereocenters. The van der Waals surface area contributed by atoms with Crippen molar-refractivity contribution in [1.29, 1.82) is 0 Å². The lowest BCUT2D eigenvalue weighted by molar-refractivity contribution is -0.0649. The van der Waals surface area contributed by atoms with Gasteiger partial charge in [-0.3, -0.25) is 0 Å². The van der Waals surface area contributed by atoms with E-state index in [1.54, 1.807) is 0 Å². The van der Waals surface area contributed by atoms with Gasteiger partial charge in [0.25, 0.3) is 0 Å². The first-order chi connectivity index (χ1) is 8.47. The van der Waals surface area contributed by atoms with Crippen LogP contribution in [0.4, 0.5) is 0 Å². The van der Waals surface area contributed by atoms with E-state index in [0.29, 0.717) is 0 Å². The minimum absolute atomic E-state index is 0.0584. The highest BCUT2D eigenvalue weighted by Crippen LogP contribution is 2.33. The zero-order valence-electron chi connectivity index (χ0n) is 12.7. The molecule has 3 heteroatoms. The molecular formula is C15H31NO2. The van der Waals surface area contributed by atoms with Gasteiger partial charge in [0.2, 0.25) is 0 Å². The zero-order valence-corrected chi connectivity index (χ0v) is 12.7. The molecule has 0 bridgehead atoms. The van der Waals surface area contributed by atoms with Crippen LogP contribution in [0.3, 0.4) is 0 Å². The lowest BCUT2D eigenvalue weighted by atomic mass is 9.99. The molecule has 0 aromatic rings. The molecule has 1 fully saturated rings. The summed E-state index contributed by atoms with van der Waals surface area (Å²) in [7, 11) is 0. The molecular weight excluding hydrogens is 226 g/mol. The molecule has 18 heavy (non-hydrogen) atoms. The first kappa shape index (κ1) is 15.9. The number of hydrogen-bond acceptors (Lipinski definition) is 3. The predicted octanol–water partition coefficient (Wildman–Crippen LogP) is 3.13. The summed E-state index contributed by atoms with van der Waals surface area (Å²) in [5.41, 5.74) is 0.223. The van der Waals surface area contributed by atoms with Crippen LogP contribution in [0.2, 0.25) is 0 Å². The maximum Gasteiger partial charge on any atom is 0.0807 e. The third kappa shape index (κ3) is 6.17. The van der Waals surface area contributed by atoms with Gasteiger partial charge in [-0.2, -0.15) is 0 Å². The van der Waals surface area contributed by atoms with E-state index in [9.17, 15) is 0 Å². The lowest BCUT2D eigenvalue weighted by Gasteiger charge is -2.33. The zero-order chi connectivity index (χ0) is 13.5. The molecule has 0 aromatic carbocycles. The fourth-order valence-electron chi connectivity index (χ4n) is 2.38. The summed E-state index contributed by atoms with van der Waals surface area (Å²) in [4.78, 5) is 0. The van der Waals surface area contributed by atoms with Gasteiger partial charge in [0.1, 0.15) is 0 Å². The van der Waals surface area contributed by atoms with E-state index in [-0.39, 0.29) is 11.1 Å². The van der Waals surface area contributed by atoms with Gasteiger partial charge in [0, 0.05) is 18.7 Å². The van der Waals surface area contributed by atoms with Crippen molar-refractivity contribution in [2.24, 2.45) is 0 Å². The summed E-state index contributed by atoms with van der Waals surface area (Å²) in [6.45, 7) is 12.0. The van der Waals surface area contributed by atoms with Crippen molar-refractivity contribution in [3.05, 3.63) is 0 Å². The predicted molar refractivity (Wildman–Crippen MR) is 76.0 cm³/mol. The Morgan fingerprint density at radius 2 is 1.72 bits per heavy atom. The average molecular weight is 257 g/mol. The number of hydrogen-bond donors (Lipinski definition) is 1. The number of rotatable bonds is 8. The molecule has 1 rings (SSSR count). The van der Waals surface area contributed by atoms with E-state index in [1.165, 1.54) is 25.7 Å². The van der Waals surface area contributed by atoms with Crippen LogP contribution in [-0.2, 0) is 9.47 Å². The molecule has 1 saturated carbocycles. The highest BCUT2D eigenvalue weighted by molar-refractivity contribution is 4.90. The monoisotopic (exact) mass is 257 g/mol. The van der Waals surface area contributed by atoms with Gasteiger partial charge < -0.3 is 14.8 Å². The summed E-state index contributed by atoms with van der Waals surface area (Å²) in [5, 5.41) is 3.59. The summed E-state index contributed by atoms with van der Waals surface area (Å²) in [6, 6.07) is 0. The van der Waals surface area contributed by atoms with Gasteiger partial charge in [-0.25, -0.2) is 0 Å². The molecule has 0 spiro atoms. The van der Waals surface area contributed by atoms with E-state index in [0.717, 1.165) is 32.8 Å². The average Bonchev–Trinajstić information content (AvgIpc) is 2.75.